The van der Waals surface area contributed by atoms with Crippen molar-refractivity contribution in [2.24, 2.45) is 5.73 Å². The van der Waals surface area contributed by atoms with Crippen LogP contribution in [0.3, 0.4) is 0 Å². The Morgan fingerprint density at radius 2 is 2.00 bits per heavy atom. The smallest absolute Gasteiger partial charge is 0.125 e. The molecule has 0 aliphatic rings. The van der Waals surface area contributed by atoms with Crippen LogP contribution in [0, 0.1) is 5.82 Å². The molecule has 0 aliphatic carbocycles. The first-order valence-corrected chi connectivity index (χ1v) is 6.89. The van der Waals surface area contributed by atoms with Gasteiger partial charge in [0.1, 0.15) is 5.82 Å². The molecule has 0 spiro atoms. The summed E-state index contributed by atoms with van der Waals surface area (Å²) < 4.78 is 14.3. The Hall–Kier alpha value is -1.39. The Labute approximate surface area is 121 Å². The lowest BCUT2D eigenvalue weighted by Gasteiger charge is -2.23. The summed E-state index contributed by atoms with van der Waals surface area (Å²) in [6.45, 7) is 0.584. The third-order valence-corrected chi connectivity index (χ3v) is 3.51. The van der Waals surface area contributed by atoms with Gasteiger partial charge in [-0.1, -0.05) is 22.0 Å². The van der Waals surface area contributed by atoms with Gasteiger partial charge in [0.25, 0.3) is 0 Å². The van der Waals surface area contributed by atoms with Crippen molar-refractivity contribution in [3.63, 3.8) is 0 Å². The number of hydrogen-bond donors (Lipinski definition) is 1. The number of rotatable bonds is 4. The maximum absolute atomic E-state index is 13.3. The quantitative estimate of drug-likeness (QED) is 0.926. The van der Waals surface area contributed by atoms with Crippen molar-refractivity contribution >= 4 is 27.3 Å². The van der Waals surface area contributed by atoms with Crippen molar-refractivity contribution in [1.29, 1.82) is 0 Å². The summed E-state index contributed by atoms with van der Waals surface area (Å²) in [6, 6.07) is 12.6. The van der Waals surface area contributed by atoms with Gasteiger partial charge in [-0.05, 0) is 54.9 Å². The fourth-order valence-electron chi connectivity index (χ4n) is 2.06. The molecule has 2 rings (SSSR count). The van der Waals surface area contributed by atoms with E-state index in [1.807, 2.05) is 30.1 Å². The second kappa shape index (κ2) is 6.17. The predicted molar refractivity (Wildman–Crippen MR) is 81.4 cm³/mol. The van der Waals surface area contributed by atoms with Gasteiger partial charge in [-0.3, -0.25) is 0 Å². The molecule has 100 valence electrons. The lowest BCUT2D eigenvalue weighted by atomic mass is 10.1. The van der Waals surface area contributed by atoms with E-state index in [4.69, 9.17) is 5.73 Å². The molecule has 0 atom stereocenters. The zero-order valence-electron chi connectivity index (χ0n) is 10.7. The molecule has 2 N–H and O–H groups in total. The monoisotopic (exact) mass is 322 g/mol. The molecule has 19 heavy (non-hydrogen) atoms. The molecule has 0 saturated heterocycles. The van der Waals surface area contributed by atoms with E-state index in [-0.39, 0.29) is 5.82 Å². The van der Waals surface area contributed by atoms with E-state index < -0.39 is 0 Å². The fraction of sp³-hybridized carbons (Fsp3) is 0.200. The zero-order chi connectivity index (χ0) is 13.8. The van der Waals surface area contributed by atoms with Crippen LogP contribution in [0.25, 0.3) is 0 Å². The van der Waals surface area contributed by atoms with E-state index >= 15 is 0 Å². The van der Waals surface area contributed by atoms with Crippen LogP contribution in [0.4, 0.5) is 15.8 Å². The maximum Gasteiger partial charge on any atom is 0.125 e. The molecular weight excluding hydrogens is 307 g/mol. The molecule has 0 aromatic heterocycles. The summed E-state index contributed by atoms with van der Waals surface area (Å²) in [7, 11) is 1.93. The highest BCUT2D eigenvalue weighted by molar-refractivity contribution is 9.10. The van der Waals surface area contributed by atoms with Crippen molar-refractivity contribution in [1.82, 2.24) is 0 Å². The van der Waals surface area contributed by atoms with Gasteiger partial charge >= 0.3 is 0 Å². The average molecular weight is 323 g/mol. The standard InChI is InChI=1S/C15H16BrFN2/c1-19(14-4-2-3-13(17)10-14)15-6-5-12(16)9-11(15)7-8-18/h2-6,9-10H,7-8,18H2,1H3. The van der Waals surface area contributed by atoms with Crippen LogP contribution in [0.2, 0.25) is 0 Å². The normalized spacial score (nSPS) is 10.5. The molecule has 0 radical (unpaired) electrons. The van der Waals surface area contributed by atoms with Crippen molar-refractivity contribution in [2.45, 2.75) is 6.42 Å². The average Bonchev–Trinajstić information content (AvgIpc) is 2.39. The fourth-order valence-corrected chi connectivity index (χ4v) is 2.47. The van der Waals surface area contributed by atoms with E-state index in [2.05, 4.69) is 22.0 Å². The van der Waals surface area contributed by atoms with Gasteiger partial charge in [-0.15, -0.1) is 0 Å². The Bertz CT molecular complexity index is 572. The molecule has 0 heterocycles. The molecular formula is C15H16BrFN2. The molecule has 2 aromatic rings. The molecule has 4 heteroatoms. The van der Waals surface area contributed by atoms with E-state index in [1.165, 1.54) is 12.1 Å². The van der Waals surface area contributed by atoms with Gasteiger partial charge in [-0.2, -0.15) is 0 Å². The van der Waals surface area contributed by atoms with Crippen LogP contribution in [-0.4, -0.2) is 13.6 Å². The number of halogens is 2. The minimum atomic E-state index is -0.234. The highest BCUT2D eigenvalue weighted by atomic mass is 79.9. The van der Waals surface area contributed by atoms with Gasteiger partial charge in [0.15, 0.2) is 0 Å². The molecule has 0 fully saturated rings. The van der Waals surface area contributed by atoms with E-state index in [9.17, 15) is 4.39 Å². The first kappa shape index (κ1) is 14.0. The van der Waals surface area contributed by atoms with Crippen LogP contribution < -0.4 is 10.6 Å². The molecule has 0 bridgehead atoms. The van der Waals surface area contributed by atoms with Gasteiger partial charge < -0.3 is 10.6 Å². The Morgan fingerprint density at radius 1 is 1.21 bits per heavy atom. The van der Waals surface area contributed by atoms with Crippen LogP contribution in [0.1, 0.15) is 5.56 Å². The van der Waals surface area contributed by atoms with Gasteiger partial charge in [0.2, 0.25) is 0 Å². The number of nitrogens with two attached hydrogens (primary N) is 1. The molecule has 0 amide bonds. The predicted octanol–water partition coefficient (Wildman–Crippen LogP) is 3.86. The lowest BCUT2D eigenvalue weighted by Crippen LogP contribution is -2.14. The van der Waals surface area contributed by atoms with Gasteiger partial charge in [0.05, 0.1) is 0 Å². The summed E-state index contributed by atoms with van der Waals surface area (Å²) in [5.41, 5.74) is 8.65. The zero-order valence-corrected chi connectivity index (χ0v) is 12.3. The molecule has 0 aliphatic heterocycles. The van der Waals surface area contributed by atoms with Crippen LogP contribution in [0.15, 0.2) is 46.9 Å². The second-order valence-corrected chi connectivity index (χ2v) is 5.27. The highest BCUT2D eigenvalue weighted by Gasteiger charge is 2.10. The van der Waals surface area contributed by atoms with Gasteiger partial charge in [-0.25, -0.2) is 4.39 Å². The highest BCUT2D eigenvalue weighted by Crippen LogP contribution is 2.29. The third-order valence-electron chi connectivity index (χ3n) is 3.01. The summed E-state index contributed by atoms with van der Waals surface area (Å²) in [6.07, 6.45) is 0.786. The van der Waals surface area contributed by atoms with Crippen molar-refractivity contribution < 1.29 is 4.39 Å². The summed E-state index contributed by atoms with van der Waals surface area (Å²) in [5.74, 6) is -0.234. The first-order valence-electron chi connectivity index (χ1n) is 6.09. The minimum absolute atomic E-state index is 0.234. The van der Waals surface area contributed by atoms with Crippen LogP contribution in [-0.2, 0) is 6.42 Å². The Kier molecular flexibility index (Phi) is 4.56. The molecule has 0 saturated carbocycles. The van der Waals surface area contributed by atoms with Gasteiger partial charge in [0, 0.05) is 22.9 Å². The number of anilines is 2. The number of nitrogens with zero attached hydrogens (tertiary/aromatic N) is 1. The van der Waals surface area contributed by atoms with E-state index in [0.717, 1.165) is 27.8 Å². The topological polar surface area (TPSA) is 29.3 Å². The van der Waals surface area contributed by atoms with E-state index in [1.54, 1.807) is 6.07 Å². The summed E-state index contributed by atoms with van der Waals surface area (Å²) >= 11 is 3.46. The minimum Gasteiger partial charge on any atom is -0.344 e. The van der Waals surface area contributed by atoms with Crippen molar-refractivity contribution in [3.8, 4) is 0 Å². The number of benzene rings is 2. The maximum atomic E-state index is 13.3. The Balaban J connectivity index is 2.40. The van der Waals surface area contributed by atoms with Crippen molar-refractivity contribution in [3.05, 3.63) is 58.3 Å². The molecule has 0 unspecified atom stereocenters. The molecule has 2 aromatic carbocycles. The lowest BCUT2D eigenvalue weighted by molar-refractivity contribution is 0.628. The summed E-state index contributed by atoms with van der Waals surface area (Å²) in [4.78, 5) is 1.97. The number of hydrogen-bond acceptors (Lipinski definition) is 2. The van der Waals surface area contributed by atoms with Crippen molar-refractivity contribution in [2.75, 3.05) is 18.5 Å². The molecule has 2 nitrogen and oxygen atoms in total. The largest absolute Gasteiger partial charge is 0.344 e. The van der Waals surface area contributed by atoms with Crippen LogP contribution in [0.5, 0.6) is 0 Å². The first-order chi connectivity index (χ1) is 9.11. The van der Waals surface area contributed by atoms with E-state index in [0.29, 0.717) is 6.54 Å². The second-order valence-electron chi connectivity index (χ2n) is 4.35. The third kappa shape index (κ3) is 3.33. The van der Waals surface area contributed by atoms with Crippen LogP contribution >= 0.6 is 15.9 Å². The summed E-state index contributed by atoms with van der Waals surface area (Å²) in [5, 5.41) is 0. The SMILES string of the molecule is CN(c1cccc(F)c1)c1ccc(Br)cc1CCN. The Morgan fingerprint density at radius 3 is 2.68 bits per heavy atom.